The first-order valence-electron chi connectivity index (χ1n) is 5.36. The lowest BCUT2D eigenvalue weighted by Crippen LogP contribution is -2.43. The lowest BCUT2D eigenvalue weighted by atomic mass is 10.2. The number of aliphatic carboxylic acids is 1. The standard InChI is InChI=1S/C10H18N2O4S/c1-4-9(5-11)17(15,16)12(6-8(2)3)7-10(13)14/h8-9H,4,6-7H2,1-3H3,(H,13,14). The second-order valence-electron chi connectivity index (χ2n) is 4.15. The zero-order valence-corrected chi connectivity index (χ0v) is 11.1. The van der Waals surface area contributed by atoms with Gasteiger partial charge in [-0.1, -0.05) is 20.8 Å². The smallest absolute Gasteiger partial charge is 0.318 e. The molecular formula is C10H18N2O4S. The molecule has 0 aliphatic heterocycles. The van der Waals surface area contributed by atoms with Crippen molar-refractivity contribution in [3.63, 3.8) is 0 Å². The first kappa shape index (κ1) is 15.9. The fourth-order valence-corrected chi connectivity index (χ4v) is 3.08. The van der Waals surface area contributed by atoms with E-state index in [1.54, 1.807) is 26.8 Å². The topological polar surface area (TPSA) is 98.5 Å². The van der Waals surface area contributed by atoms with E-state index < -0.39 is 27.8 Å². The number of carboxylic acid groups (broad SMARTS) is 1. The van der Waals surface area contributed by atoms with E-state index in [0.29, 0.717) is 0 Å². The van der Waals surface area contributed by atoms with Crippen molar-refractivity contribution in [2.75, 3.05) is 13.1 Å². The Morgan fingerprint density at radius 2 is 2.00 bits per heavy atom. The molecule has 0 bridgehead atoms. The van der Waals surface area contributed by atoms with Crippen molar-refractivity contribution in [3.8, 4) is 6.07 Å². The van der Waals surface area contributed by atoms with Crippen molar-refractivity contribution in [1.29, 1.82) is 5.26 Å². The third kappa shape index (κ3) is 4.71. The van der Waals surface area contributed by atoms with Crippen molar-refractivity contribution in [2.24, 2.45) is 5.92 Å². The van der Waals surface area contributed by atoms with Crippen LogP contribution in [-0.2, 0) is 14.8 Å². The molecule has 0 rings (SSSR count). The van der Waals surface area contributed by atoms with Gasteiger partial charge in [-0.2, -0.15) is 9.57 Å². The highest BCUT2D eigenvalue weighted by Gasteiger charge is 2.32. The summed E-state index contributed by atoms with van der Waals surface area (Å²) in [6.45, 7) is 4.67. The zero-order chi connectivity index (χ0) is 13.6. The number of carbonyl (C=O) groups is 1. The fraction of sp³-hybridized carbons (Fsp3) is 0.800. The molecule has 1 atom stereocenters. The normalized spacial score (nSPS) is 13.6. The van der Waals surface area contributed by atoms with Crippen molar-refractivity contribution in [3.05, 3.63) is 0 Å². The molecule has 0 fully saturated rings. The molecule has 0 amide bonds. The monoisotopic (exact) mass is 262 g/mol. The molecule has 0 aliphatic rings. The molecule has 0 saturated heterocycles. The Morgan fingerprint density at radius 1 is 1.47 bits per heavy atom. The van der Waals surface area contributed by atoms with Crippen LogP contribution in [0.3, 0.4) is 0 Å². The van der Waals surface area contributed by atoms with Crippen molar-refractivity contribution in [1.82, 2.24) is 4.31 Å². The van der Waals surface area contributed by atoms with E-state index >= 15 is 0 Å². The maximum absolute atomic E-state index is 12.0. The van der Waals surface area contributed by atoms with E-state index in [-0.39, 0.29) is 18.9 Å². The second kappa shape index (κ2) is 6.57. The summed E-state index contributed by atoms with van der Waals surface area (Å²) >= 11 is 0. The van der Waals surface area contributed by atoms with Crippen molar-refractivity contribution >= 4 is 16.0 Å². The van der Waals surface area contributed by atoms with Crippen molar-refractivity contribution < 1.29 is 18.3 Å². The van der Waals surface area contributed by atoms with Gasteiger partial charge in [0.2, 0.25) is 10.0 Å². The maximum atomic E-state index is 12.0. The lowest BCUT2D eigenvalue weighted by molar-refractivity contribution is -0.137. The van der Waals surface area contributed by atoms with E-state index in [2.05, 4.69) is 0 Å². The summed E-state index contributed by atoms with van der Waals surface area (Å²) < 4.78 is 24.9. The molecule has 0 aromatic heterocycles. The van der Waals surface area contributed by atoms with Crippen LogP contribution in [0.4, 0.5) is 0 Å². The predicted octanol–water partition coefficient (Wildman–Crippen LogP) is 0.661. The van der Waals surface area contributed by atoms with Crippen LogP contribution in [0.1, 0.15) is 27.2 Å². The van der Waals surface area contributed by atoms with E-state index in [9.17, 15) is 13.2 Å². The highest BCUT2D eigenvalue weighted by Crippen LogP contribution is 2.13. The molecule has 0 saturated carbocycles. The summed E-state index contributed by atoms with van der Waals surface area (Å²) in [4.78, 5) is 10.6. The molecule has 0 radical (unpaired) electrons. The van der Waals surface area contributed by atoms with E-state index in [4.69, 9.17) is 10.4 Å². The van der Waals surface area contributed by atoms with Gasteiger partial charge in [0.1, 0.15) is 6.54 Å². The van der Waals surface area contributed by atoms with Gasteiger partial charge >= 0.3 is 5.97 Å². The Kier molecular flexibility index (Phi) is 6.13. The van der Waals surface area contributed by atoms with Crippen LogP contribution >= 0.6 is 0 Å². The molecule has 17 heavy (non-hydrogen) atoms. The minimum absolute atomic E-state index is 0.000300. The second-order valence-corrected chi connectivity index (χ2v) is 6.27. The summed E-state index contributed by atoms with van der Waals surface area (Å²) in [5, 5.41) is 16.3. The van der Waals surface area contributed by atoms with Crippen LogP contribution in [-0.4, -0.2) is 42.1 Å². The Hall–Kier alpha value is -1.13. The summed E-state index contributed by atoms with van der Waals surface area (Å²) in [7, 11) is -3.86. The minimum atomic E-state index is -3.86. The quantitative estimate of drug-likeness (QED) is 0.726. The fourth-order valence-electron chi connectivity index (χ4n) is 1.37. The van der Waals surface area contributed by atoms with Crippen LogP contribution in [0.25, 0.3) is 0 Å². The Labute approximate surface area is 102 Å². The van der Waals surface area contributed by atoms with E-state index in [1.807, 2.05) is 0 Å². The molecule has 0 spiro atoms. The van der Waals surface area contributed by atoms with Gasteiger partial charge in [0, 0.05) is 6.54 Å². The SMILES string of the molecule is CCC(C#N)S(=O)(=O)N(CC(=O)O)CC(C)C. The first-order chi connectivity index (χ1) is 7.75. The van der Waals surface area contributed by atoms with E-state index in [1.165, 1.54) is 0 Å². The number of sulfonamides is 1. The van der Waals surface area contributed by atoms with Gasteiger partial charge < -0.3 is 5.11 Å². The van der Waals surface area contributed by atoms with Crippen molar-refractivity contribution in [2.45, 2.75) is 32.4 Å². The van der Waals surface area contributed by atoms with Gasteiger partial charge in [0.25, 0.3) is 0 Å². The number of hydrogen-bond acceptors (Lipinski definition) is 4. The number of carboxylic acids is 1. The van der Waals surface area contributed by atoms with Crippen LogP contribution in [0.2, 0.25) is 0 Å². The third-order valence-electron chi connectivity index (χ3n) is 2.11. The third-order valence-corrected chi connectivity index (χ3v) is 4.27. The minimum Gasteiger partial charge on any atom is -0.480 e. The number of nitriles is 1. The highest BCUT2D eigenvalue weighted by atomic mass is 32.2. The summed E-state index contributed by atoms with van der Waals surface area (Å²) in [6, 6.07) is 1.70. The summed E-state index contributed by atoms with van der Waals surface area (Å²) in [5.41, 5.74) is 0. The van der Waals surface area contributed by atoms with Crippen LogP contribution in [0, 0.1) is 17.2 Å². The summed E-state index contributed by atoms with van der Waals surface area (Å²) in [5.74, 6) is -1.22. The molecule has 0 heterocycles. The van der Waals surface area contributed by atoms with Gasteiger partial charge in [-0.25, -0.2) is 8.42 Å². The molecule has 1 N–H and O–H groups in total. The van der Waals surface area contributed by atoms with Gasteiger partial charge in [0.15, 0.2) is 5.25 Å². The molecular weight excluding hydrogens is 244 g/mol. The molecule has 0 aromatic rings. The van der Waals surface area contributed by atoms with Crippen LogP contribution in [0.5, 0.6) is 0 Å². The first-order valence-corrected chi connectivity index (χ1v) is 6.86. The molecule has 0 aliphatic carbocycles. The number of nitrogens with zero attached hydrogens (tertiary/aromatic N) is 2. The van der Waals surface area contributed by atoms with Crippen LogP contribution in [0.15, 0.2) is 0 Å². The average Bonchev–Trinajstić information content (AvgIpc) is 2.16. The van der Waals surface area contributed by atoms with Gasteiger partial charge in [-0.3, -0.25) is 4.79 Å². The Morgan fingerprint density at radius 3 is 2.29 bits per heavy atom. The largest absolute Gasteiger partial charge is 0.480 e. The molecule has 1 unspecified atom stereocenters. The highest BCUT2D eigenvalue weighted by molar-refractivity contribution is 7.90. The lowest BCUT2D eigenvalue weighted by Gasteiger charge is -2.24. The van der Waals surface area contributed by atoms with Gasteiger partial charge in [-0.05, 0) is 12.3 Å². The Balaban J connectivity index is 5.15. The van der Waals surface area contributed by atoms with E-state index in [0.717, 1.165) is 4.31 Å². The molecule has 98 valence electrons. The summed E-state index contributed by atoms with van der Waals surface area (Å²) in [6.07, 6.45) is 0.146. The Bertz CT molecular complexity index is 397. The maximum Gasteiger partial charge on any atom is 0.318 e. The number of hydrogen-bond donors (Lipinski definition) is 1. The zero-order valence-electron chi connectivity index (χ0n) is 10.3. The number of rotatable bonds is 7. The van der Waals surface area contributed by atoms with Gasteiger partial charge in [-0.15, -0.1) is 0 Å². The van der Waals surface area contributed by atoms with Gasteiger partial charge in [0.05, 0.1) is 6.07 Å². The predicted molar refractivity (Wildman–Crippen MR) is 62.7 cm³/mol. The molecule has 0 aromatic carbocycles. The molecule has 6 nitrogen and oxygen atoms in total. The van der Waals surface area contributed by atoms with Crippen LogP contribution < -0.4 is 0 Å². The molecule has 7 heteroatoms. The average molecular weight is 262 g/mol.